The molecule has 1 aliphatic rings. The quantitative estimate of drug-likeness (QED) is 0.800. The molecular weight excluding hydrogens is 377 g/mol. The average molecular weight is 391 g/mol. The normalized spacial score (nSPS) is 18.4. The molecule has 1 atom stereocenters. The zero-order valence-electron chi connectivity index (χ0n) is 11.9. The lowest BCUT2D eigenvalue weighted by atomic mass is 10.2. The van der Waals surface area contributed by atoms with Crippen molar-refractivity contribution in [3.05, 3.63) is 41.0 Å². The van der Waals surface area contributed by atoms with Crippen LogP contribution in [0.3, 0.4) is 0 Å². The molecule has 1 aromatic rings. The molecule has 0 unspecified atom stereocenters. The number of carbonyl (C=O) groups is 2. The Morgan fingerprint density at radius 2 is 1.91 bits per heavy atom. The minimum absolute atomic E-state index is 0.311. The SMILES string of the molecule is O=C(Nc1ccc(Br)cc1)[C@H]1CCCN1/C=C/C(=O)C(F)(F)F. The summed E-state index contributed by atoms with van der Waals surface area (Å²) in [7, 11) is 0. The number of alkyl halides is 3. The van der Waals surface area contributed by atoms with E-state index >= 15 is 0 Å². The minimum atomic E-state index is -4.90. The lowest BCUT2D eigenvalue weighted by Crippen LogP contribution is -2.36. The van der Waals surface area contributed by atoms with Crippen LogP contribution in [0.25, 0.3) is 0 Å². The Labute approximate surface area is 139 Å². The van der Waals surface area contributed by atoms with Gasteiger partial charge in [0.15, 0.2) is 0 Å². The summed E-state index contributed by atoms with van der Waals surface area (Å²) in [6.45, 7) is 0.431. The molecule has 1 heterocycles. The van der Waals surface area contributed by atoms with Crippen LogP contribution in [0, 0.1) is 0 Å². The molecule has 1 fully saturated rings. The molecule has 0 aromatic heterocycles. The summed E-state index contributed by atoms with van der Waals surface area (Å²) in [6, 6.07) is 6.37. The third-order valence-electron chi connectivity index (χ3n) is 3.41. The first-order chi connectivity index (χ1) is 10.8. The van der Waals surface area contributed by atoms with E-state index in [0.717, 1.165) is 10.7 Å². The van der Waals surface area contributed by atoms with Crippen LogP contribution in [-0.2, 0) is 9.59 Å². The fourth-order valence-corrected chi connectivity index (χ4v) is 2.53. The third kappa shape index (κ3) is 4.82. The summed E-state index contributed by atoms with van der Waals surface area (Å²) in [5.74, 6) is -2.25. The lowest BCUT2D eigenvalue weighted by Gasteiger charge is -2.22. The second-order valence-corrected chi connectivity index (χ2v) is 5.99. The maximum absolute atomic E-state index is 12.2. The summed E-state index contributed by atoms with van der Waals surface area (Å²) in [6.07, 6.45) is -2.19. The number of nitrogens with one attached hydrogen (secondary N) is 1. The monoisotopic (exact) mass is 390 g/mol. The summed E-state index contributed by atoms with van der Waals surface area (Å²) < 4.78 is 37.5. The van der Waals surface area contributed by atoms with E-state index in [0.29, 0.717) is 31.1 Å². The molecule has 0 aliphatic carbocycles. The number of rotatable bonds is 4. The van der Waals surface area contributed by atoms with Crippen molar-refractivity contribution in [3.63, 3.8) is 0 Å². The van der Waals surface area contributed by atoms with Gasteiger partial charge in [0.2, 0.25) is 5.91 Å². The van der Waals surface area contributed by atoms with Crippen molar-refractivity contribution in [1.29, 1.82) is 0 Å². The van der Waals surface area contributed by atoms with Crippen molar-refractivity contribution in [2.45, 2.75) is 25.1 Å². The standard InChI is InChI=1S/C15H14BrF3N2O2/c16-10-3-5-11(6-4-10)20-14(23)12-2-1-8-21(12)9-7-13(22)15(17,18)19/h3-7,9,12H,1-2,8H2,(H,20,23)/b9-7+/t12-/m1/s1. The molecule has 23 heavy (non-hydrogen) atoms. The maximum atomic E-state index is 12.2. The summed E-state index contributed by atoms with van der Waals surface area (Å²) in [5.41, 5.74) is 0.598. The fourth-order valence-electron chi connectivity index (χ4n) is 2.27. The molecule has 1 aromatic carbocycles. The van der Waals surface area contributed by atoms with Gasteiger partial charge in [-0.3, -0.25) is 9.59 Å². The molecule has 0 bridgehead atoms. The molecular formula is C15H14BrF3N2O2. The number of ketones is 1. The molecule has 1 aliphatic heterocycles. The van der Waals surface area contributed by atoms with Gasteiger partial charge in [-0.25, -0.2) is 0 Å². The molecule has 124 valence electrons. The number of halogens is 4. The van der Waals surface area contributed by atoms with E-state index in [2.05, 4.69) is 21.2 Å². The van der Waals surface area contributed by atoms with E-state index in [9.17, 15) is 22.8 Å². The number of nitrogens with zero attached hydrogens (tertiary/aromatic N) is 1. The van der Waals surface area contributed by atoms with Crippen molar-refractivity contribution in [2.75, 3.05) is 11.9 Å². The lowest BCUT2D eigenvalue weighted by molar-refractivity contribution is -0.165. The van der Waals surface area contributed by atoms with Gasteiger partial charge in [-0.2, -0.15) is 13.2 Å². The fraction of sp³-hybridized carbons (Fsp3) is 0.333. The second-order valence-electron chi connectivity index (χ2n) is 5.07. The van der Waals surface area contributed by atoms with Gasteiger partial charge in [0.05, 0.1) is 0 Å². The molecule has 8 heteroatoms. The number of anilines is 1. The molecule has 0 radical (unpaired) electrons. The van der Waals surface area contributed by atoms with Crippen LogP contribution in [0.1, 0.15) is 12.8 Å². The van der Waals surface area contributed by atoms with Crippen molar-refractivity contribution < 1.29 is 22.8 Å². The van der Waals surface area contributed by atoms with Crippen LogP contribution in [0.2, 0.25) is 0 Å². The second kappa shape index (κ2) is 7.16. The van der Waals surface area contributed by atoms with Gasteiger partial charge < -0.3 is 10.2 Å². The Hall–Kier alpha value is -1.83. The molecule has 0 saturated carbocycles. The Morgan fingerprint density at radius 3 is 2.52 bits per heavy atom. The van der Waals surface area contributed by atoms with E-state index < -0.39 is 18.0 Å². The zero-order chi connectivity index (χ0) is 17.0. The molecule has 1 amide bonds. The Bertz CT molecular complexity index is 614. The van der Waals surface area contributed by atoms with Crippen molar-refractivity contribution in [2.24, 2.45) is 0 Å². The van der Waals surface area contributed by atoms with Crippen molar-refractivity contribution >= 4 is 33.3 Å². The van der Waals surface area contributed by atoms with E-state index in [1.165, 1.54) is 4.90 Å². The molecule has 0 spiro atoms. The van der Waals surface area contributed by atoms with Gasteiger partial charge in [-0.05, 0) is 37.1 Å². The molecule has 1 N–H and O–H groups in total. The van der Waals surface area contributed by atoms with Gasteiger partial charge >= 0.3 is 6.18 Å². The van der Waals surface area contributed by atoms with Crippen LogP contribution < -0.4 is 5.32 Å². The van der Waals surface area contributed by atoms with Gasteiger partial charge in [-0.15, -0.1) is 0 Å². The van der Waals surface area contributed by atoms with Gasteiger partial charge in [0, 0.05) is 29.0 Å². The zero-order valence-corrected chi connectivity index (χ0v) is 13.5. The number of likely N-dealkylation sites (tertiary alicyclic amines) is 1. The Morgan fingerprint density at radius 1 is 1.26 bits per heavy atom. The smallest absolute Gasteiger partial charge is 0.365 e. The largest absolute Gasteiger partial charge is 0.454 e. The number of benzene rings is 1. The van der Waals surface area contributed by atoms with E-state index in [4.69, 9.17) is 0 Å². The minimum Gasteiger partial charge on any atom is -0.365 e. The average Bonchev–Trinajstić information content (AvgIpc) is 2.94. The van der Waals surface area contributed by atoms with E-state index in [-0.39, 0.29) is 5.91 Å². The molecule has 2 rings (SSSR count). The molecule has 4 nitrogen and oxygen atoms in total. The first-order valence-corrected chi connectivity index (χ1v) is 7.68. The topological polar surface area (TPSA) is 49.4 Å². The van der Waals surface area contributed by atoms with Crippen LogP contribution in [-0.4, -0.2) is 35.4 Å². The summed E-state index contributed by atoms with van der Waals surface area (Å²) >= 11 is 3.28. The highest BCUT2D eigenvalue weighted by Gasteiger charge is 2.37. The maximum Gasteiger partial charge on any atom is 0.454 e. The van der Waals surface area contributed by atoms with Crippen LogP contribution in [0.5, 0.6) is 0 Å². The highest BCUT2D eigenvalue weighted by Crippen LogP contribution is 2.22. The van der Waals surface area contributed by atoms with Crippen molar-refractivity contribution in [3.8, 4) is 0 Å². The van der Waals surface area contributed by atoms with E-state index in [1.54, 1.807) is 24.3 Å². The van der Waals surface area contributed by atoms with Crippen molar-refractivity contribution in [1.82, 2.24) is 4.90 Å². The Balaban J connectivity index is 2.00. The van der Waals surface area contributed by atoms with Gasteiger partial charge in [-0.1, -0.05) is 15.9 Å². The van der Waals surface area contributed by atoms with E-state index in [1.807, 2.05) is 0 Å². The van der Waals surface area contributed by atoms with Gasteiger partial charge in [0.25, 0.3) is 5.78 Å². The number of allylic oxidation sites excluding steroid dienone is 1. The number of carbonyl (C=O) groups excluding carboxylic acids is 2. The van der Waals surface area contributed by atoms with Crippen LogP contribution in [0.4, 0.5) is 18.9 Å². The predicted molar refractivity (Wildman–Crippen MR) is 82.7 cm³/mol. The first-order valence-electron chi connectivity index (χ1n) is 6.89. The highest BCUT2D eigenvalue weighted by atomic mass is 79.9. The molecule has 1 saturated heterocycles. The predicted octanol–water partition coefficient (Wildman–Crippen LogP) is 3.50. The number of hydrogen-bond acceptors (Lipinski definition) is 3. The summed E-state index contributed by atoms with van der Waals surface area (Å²) in [5, 5.41) is 2.72. The summed E-state index contributed by atoms with van der Waals surface area (Å²) in [4.78, 5) is 24.6. The highest BCUT2D eigenvalue weighted by molar-refractivity contribution is 9.10. The number of hydrogen-bond donors (Lipinski definition) is 1. The third-order valence-corrected chi connectivity index (χ3v) is 3.93. The Kier molecular flexibility index (Phi) is 5.46. The number of amides is 1. The van der Waals surface area contributed by atoms with Crippen LogP contribution >= 0.6 is 15.9 Å². The first kappa shape index (κ1) is 17.5. The van der Waals surface area contributed by atoms with Gasteiger partial charge in [0.1, 0.15) is 6.04 Å². The van der Waals surface area contributed by atoms with Crippen LogP contribution in [0.15, 0.2) is 41.0 Å².